The largest absolute Gasteiger partial charge is 0.475 e. The Morgan fingerprint density at radius 1 is 1.26 bits per heavy atom. The number of nitrogens with one attached hydrogen (secondary N) is 1. The van der Waals surface area contributed by atoms with Gasteiger partial charge < -0.3 is 19.1 Å². The fraction of sp³-hybridized carbons (Fsp3) is 0.423. The normalized spacial score (nSPS) is 21.4. The number of amides is 2. The van der Waals surface area contributed by atoms with Gasteiger partial charge in [-0.15, -0.1) is 0 Å². The molecule has 0 saturated carbocycles. The van der Waals surface area contributed by atoms with Crippen LogP contribution in [0.25, 0.3) is 11.3 Å². The van der Waals surface area contributed by atoms with E-state index in [1.165, 1.54) is 6.33 Å². The van der Waals surface area contributed by atoms with E-state index < -0.39 is 5.79 Å². The zero-order valence-electron chi connectivity index (χ0n) is 21.3. The Bertz CT molecular complexity index is 1390. The first-order chi connectivity index (χ1) is 18.3. The summed E-state index contributed by atoms with van der Waals surface area (Å²) in [6.07, 6.45) is 3.69. The maximum atomic E-state index is 13.6. The number of aromatic nitrogens is 4. The summed E-state index contributed by atoms with van der Waals surface area (Å²) in [6, 6.07) is 6.91. The quantitative estimate of drug-likeness (QED) is 0.514. The Balaban J connectivity index is 1.23. The number of urea groups is 1. The van der Waals surface area contributed by atoms with Gasteiger partial charge in [0, 0.05) is 36.6 Å². The molecule has 11 nitrogen and oxygen atoms in total. The number of hydrogen-bond donors (Lipinski definition) is 1. The Kier molecular flexibility index (Phi) is 6.29. The van der Waals surface area contributed by atoms with Crippen LogP contribution >= 0.6 is 11.6 Å². The van der Waals surface area contributed by atoms with Gasteiger partial charge in [-0.3, -0.25) is 15.2 Å². The summed E-state index contributed by atoms with van der Waals surface area (Å²) in [6.45, 7) is 7.87. The molecule has 0 unspecified atom stereocenters. The monoisotopic (exact) mass is 537 g/mol. The molecule has 38 heavy (non-hydrogen) atoms. The Morgan fingerprint density at radius 2 is 2.13 bits per heavy atom. The second-order valence-electron chi connectivity index (χ2n) is 10.0. The minimum absolute atomic E-state index is 0.0244. The molecule has 2 fully saturated rings. The lowest BCUT2D eigenvalue weighted by atomic mass is 10.1. The van der Waals surface area contributed by atoms with Gasteiger partial charge in [-0.25, -0.2) is 19.7 Å². The van der Waals surface area contributed by atoms with Gasteiger partial charge in [-0.1, -0.05) is 11.6 Å². The highest BCUT2D eigenvalue weighted by Crippen LogP contribution is 2.43. The summed E-state index contributed by atoms with van der Waals surface area (Å²) in [4.78, 5) is 35.1. The van der Waals surface area contributed by atoms with Crippen LogP contribution in [0.2, 0.25) is 5.02 Å². The number of rotatable bonds is 5. The van der Waals surface area contributed by atoms with E-state index >= 15 is 0 Å². The third-order valence-electron chi connectivity index (χ3n) is 6.78. The van der Waals surface area contributed by atoms with Gasteiger partial charge in [0.15, 0.2) is 11.6 Å². The molecule has 0 radical (unpaired) electrons. The first kappa shape index (κ1) is 24.8. The molecule has 3 aromatic rings. The number of carbonyl (C=O) groups is 1. The number of pyridine rings is 2. The number of nitrogens with zero attached hydrogens (tertiary/aromatic N) is 6. The number of hydrogen-bond acceptors (Lipinski definition) is 9. The Labute approximate surface area is 225 Å². The summed E-state index contributed by atoms with van der Waals surface area (Å²) in [5.41, 5.74) is 3.14. The van der Waals surface area contributed by atoms with Crippen molar-refractivity contribution in [1.29, 1.82) is 0 Å². The number of fused-ring (bicyclic) bond motifs is 4. The smallest absolute Gasteiger partial charge is 0.329 e. The fourth-order valence-electron chi connectivity index (χ4n) is 5.06. The molecule has 0 aromatic carbocycles. The third-order valence-corrected chi connectivity index (χ3v) is 7.07. The van der Waals surface area contributed by atoms with E-state index in [2.05, 4.69) is 25.2 Å². The molecule has 6 rings (SSSR count). The molecule has 0 aliphatic carbocycles. The van der Waals surface area contributed by atoms with Gasteiger partial charge in [0.1, 0.15) is 24.9 Å². The van der Waals surface area contributed by atoms with E-state index in [0.29, 0.717) is 41.4 Å². The Morgan fingerprint density at radius 3 is 2.92 bits per heavy atom. The molecular formula is C26H28ClN7O4. The average Bonchev–Trinajstić information content (AvgIpc) is 3.46. The van der Waals surface area contributed by atoms with E-state index in [-0.39, 0.29) is 24.8 Å². The van der Waals surface area contributed by atoms with Gasteiger partial charge in [-0.05, 0) is 45.4 Å². The molecule has 12 heteroatoms. The van der Waals surface area contributed by atoms with Crippen molar-refractivity contribution in [2.75, 3.05) is 41.4 Å². The van der Waals surface area contributed by atoms with Crippen molar-refractivity contribution in [3.05, 3.63) is 47.5 Å². The van der Waals surface area contributed by atoms with Crippen molar-refractivity contribution in [1.82, 2.24) is 19.9 Å². The molecule has 3 aromatic heterocycles. The lowest BCUT2D eigenvalue weighted by Gasteiger charge is -2.36. The number of carbonyl (C=O) groups excluding carboxylic acids is 1. The van der Waals surface area contributed by atoms with E-state index in [4.69, 9.17) is 30.8 Å². The van der Waals surface area contributed by atoms with Gasteiger partial charge in [0.2, 0.25) is 5.88 Å². The number of anilines is 3. The zero-order valence-corrected chi connectivity index (χ0v) is 22.1. The van der Waals surface area contributed by atoms with E-state index in [1.54, 1.807) is 17.2 Å². The lowest BCUT2D eigenvalue weighted by molar-refractivity contribution is -0.141. The summed E-state index contributed by atoms with van der Waals surface area (Å²) < 4.78 is 17.1. The molecule has 3 aliphatic rings. The summed E-state index contributed by atoms with van der Waals surface area (Å²) >= 11 is 6.67. The highest BCUT2D eigenvalue weighted by molar-refractivity contribution is 6.33. The Hall–Kier alpha value is -3.54. The number of aryl methyl sites for hydroxylation is 1. The van der Waals surface area contributed by atoms with Crippen LogP contribution in [-0.4, -0.2) is 70.2 Å². The SMILES string of the molecule is Cc1cc(-c2nc3c(cc2Cl)N2CC[C@H](C2)N3C(=O)Nc2cc(OC[C@@H]3COC(C)(C)O3)ncn2)ccn1. The van der Waals surface area contributed by atoms with E-state index in [0.717, 1.165) is 29.9 Å². The summed E-state index contributed by atoms with van der Waals surface area (Å²) in [5.74, 6) is 0.588. The maximum Gasteiger partial charge on any atom is 0.329 e. The molecule has 2 saturated heterocycles. The highest BCUT2D eigenvalue weighted by atomic mass is 35.5. The van der Waals surface area contributed by atoms with E-state index in [9.17, 15) is 4.79 Å². The van der Waals surface area contributed by atoms with Gasteiger partial charge >= 0.3 is 6.03 Å². The predicted molar refractivity (Wildman–Crippen MR) is 142 cm³/mol. The van der Waals surface area contributed by atoms with Crippen molar-refractivity contribution < 1.29 is 19.0 Å². The van der Waals surface area contributed by atoms with Gasteiger partial charge in [0.25, 0.3) is 0 Å². The van der Waals surface area contributed by atoms with Crippen molar-refractivity contribution in [2.24, 2.45) is 0 Å². The van der Waals surface area contributed by atoms with Crippen LogP contribution in [0.4, 0.5) is 22.1 Å². The summed E-state index contributed by atoms with van der Waals surface area (Å²) in [5, 5.41) is 3.42. The minimum Gasteiger partial charge on any atom is -0.475 e. The second-order valence-corrected chi connectivity index (χ2v) is 10.4. The minimum atomic E-state index is -0.631. The van der Waals surface area contributed by atoms with Crippen LogP contribution in [0.15, 0.2) is 36.8 Å². The molecule has 2 atom stereocenters. The van der Waals surface area contributed by atoms with Crippen LogP contribution in [0.3, 0.4) is 0 Å². The third kappa shape index (κ3) is 4.84. The van der Waals surface area contributed by atoms with Crippen molar-refractivity contribution in [3.63, 3.8) is 0 Å². The molecular weight excluding hydrogens is 510 g/mol. The van der Waals surface area contributed by atoms with Gasteiger partial charge in [0.05, 0.1) is 29.1 Å². The fourth-order valence-corrected chi connectivity index (χ4v) is 5.32. The standard InChI is InChI=1S/C26H28ClN7O4/c1-15-8-16(4-6-28-15)23-19(27)9-20-24(32-23)34(17-5-7-33(20)11-17)25(35)31-21-10-22(30-14-29-21)36-12-18-13-37-26(2,3)38-18/h4,6,8-10,14,17-18H,5,7,11-13H2,1-3H3,(H,29,30,31,35)/t17-,18-/m1/s1. The van der Waals surface area contributed by atoms with Crippen LogP contribution in [0, 0.1) is 6.92 Å². The molecule has 6 heterocycles. The topological polar surface area (TPSA) is 115 Å². The first-order valence-electron chi connectivity index (χ1n) is 12.5. The average molecular weight is 538 g/mol. The molecule has 3 aliphatic heterocycles. The molecule has 2 bridgehead atoms. The van der Waals surface area contributed by atoms with Crippen molar-refractivity contribution in [3.8, 4) is 17.1 Å². The molecule has 1 N–H and O–H groups in total. The maximum absolute atomic E-state index is 13.6. The van der Waals surface area contributed by atoms with Crippen LogP contribution in [0.1, 0.15) is 26.0 Å². The van der Waals surface area contributed by atoms with Crippen LogP contribution in [-0.2, 0) is 9.47 Å². The summed E-state index contributed by atoms with van der Waals surface area (Å²) in [7, 11) is 0. The van der Waals surface area contributed by atoms with Crippen molar-refractivity contribution in [2.45, 2.75) is 45.1 Å². The molecule has 2 amide bonds. The lowest BCUT2D eigenvalue weighted by Crippen LogP contribution is -2.48. The van der Waals surface area contributed by atoms with Crippen molar-refractivity contribution >= 4 is 35.0 Å². The van der Waals surface area contributed by atoms with E-state index in [1.807, 2.05) is 39.0 Å². The van der Waals surface area contributed by atoms with Crippen LogP contribution in [0.5, 0.6) is 5.88 Å². The second kappa shape index (κ2) is 9.64. The number of ether oxygens (including phenoxy) is 3. The first-order valence-corrected chi connectivity index (χ1v) is 12.9. The van der Waals surface area contributed by atoms with Crippen LogP contribution < -0.4 is 19.9 Å². The molecule has 0 spiro atoms. The highest BCUT2D eigenvalue weighted by Gasteiger charge is 2.41. The van der Waals surface area contributed by atoms with Gasteiger partial charge in [-0.2, -0.15) is 0 Å². The predicted octanol–water partition coefficient (Wildman–Crippen LogP) is 4.06. The molecule has 198 valence electrons. The number of halogens is 1. The zero-order chi connectivity index (χ0) is 26.4.